The van der Waals surface area contributed by atoms with Crippen molar-refractivity contribution in [1.29, 1.82) is 0 Å². The van der Waals surface area contributed by atoms with Crippen LogP contribution in [0.5, 0.6) is 0 Å². The molecule has 1 atom stereocenters. The van der Waals surface area contributed by atoms with Crippen LogP contribution in [0.1, 0.15) is 52.9 Å². The Bertz CT molecular complexity index is 434. The third-order valence-electron chi connectivity index (χ3n) is 3.48. The highest BCUT2D eigenvalue weighted by Gasteiger charge is 2.32. The van der Waals surface area contributed by atoms with E-state index in [4.69, 9.17) is 10.9 Å². The Balaban J connectivity index is 2.84. The van der Waals surface area contributed by atoms with Crippen molar-refractivity contribution in [1.82, 2.24) is 4.72 Å². The molecular formula is C13H27N3O3S. The van der Waals surface area contributed by atoms with Crippen LogP contribution < -0.4 is 10.5 Å². The largest absolute Gasteiger partial charge is 0.409 e. The lowest BCUT2D eigenvalue weighted by Crippen LogP contribution is -2.51. The summed E-state index contributed by atoms with van der Waals surface area (Å²) in [5, 5.41) is 11.9. The second-order valence-corrected chi connectivity index (χ2v) is 8.59. The molecule has 0 bridgehead atoms. The minimum Gasteiger partial charge on any atom is -0.409 e. The predicted molar refractivity (Wildman–Crippen MR) is 80.1 cm³/mol. The first-order valence-corrected chi connectivity index (χ1v) is 8.77. The lowest BCUT2D eigenvalue weighted by atomic mass is 9.84. The summed E-state index contributed by atoms with van der Waals surface area (Å²) in [6.45, 7) is 5.60. The SMILES string of the molecule is CC(C)(C)CS(=O)(=O)NC(C(N)=NO)C1CCCCC1. The zero-order chi connectivity index (χ0) is 15.4. The van der Waals surface area contributed by atoms with Gasteiger partial charge in [-0.25, -0.2) is 13.1 Å². The minimum atomic E-state index is -3.46. The zero-order valence-corrected chi connectivity index (χ0v) is 13.4. The number of nitrogens with two attached hydrogens (primary N) is 1. The van der Waals surface area contributed by atoms with E-state index in [9.17, 15) is 8.42 Å². The molecule has 4 N–H and O–H groups in total. The summed E-state index contributed by atoms with van der Waals surface area (Å²) in [7, 11) is -3.46. The van der Waals surface area contributed by atoms with Gasteiger partial charge in [0.2, 0.25) is 10.0 Å². The van der Waals surface area contributed by atoms with E-state index in [1.807, 2.05) is 20.8 Å². The van der Waals surface area contributed by atoms with Gasteiger partial charge in [0, 0.05) is 0 Å². The van der Waals surface area contributed by atoms with E-state index in [1.165, 1.54) is 0 Å². The van der Waals surface area contributed by atoms with Crippen LogP contribution in [0.2, 0.25) is 0 Å². The maximum Gasteiger partial charge on any atom is 0.212 e. The Morgan fingerprint density at radius 3 is 2.35 bits per heavy atom. The predicted octanol–water partition coefficient (Wildman–Crippen LogP) is 1.65. The van der Waals surface area contributed by atoms with Crippen molar-refractivity contribution >= 4 is 15.9 Å². The summed E-state index contributed by atoms with van der Waals surface area (Å²) in [5.41, 5.74) is 5.35. The molecular weight excluding hydrogens is 278 g/mol. The fraction of sp³-hybridized carbons (Fsp3) is 0.923. The van der Waals surface area contributed by atoms with Crippen LogP contribution >= 0.6 is 0 Å². The Labute approximate surface area is 121 Å². The lowest BCUT2D eigenvalue weighted by molar-refractivity contribution is 0.297. The van der Waals surface area contributed by atoms with Gasteiger partial charge in [-0.05, 0) is 24.2 Å². The number of hydrogen-bond acceptors (Lipinski definition) is 4. The summed E-state index contributed by atoms with van der Waals surface area (Å²) in [6, 6.07) is -0.604. The highest BCUT2D eigenvalue weighted by atomic mass is 32.2. The molecule has 0 aliphatic heterocycles. The van der Waals surface area contributed by atoms with Crippen LogP contribution in [-0.4, -0.2) is 31.3 Å². The third kappa shape index (κ3) is 5.66. The molecule has 1 fully saturated rings. The van der Waals surface area contributed by atoms with E-state index in [-0.39, 0.29) is 22.9 Å². The van der Waals surface area contributed by atoms with Crippen LogP contribution in [0, 0.1) is 11.3 Å². The van der Waals surface area contributed by atoms with Crippen LogP contribution in [0.15, 0.2) is 5.16 Å². The number of sulfonamides is 1. The number of amidine groups is 1. The van der Waals surface area contributed by atoms with Crippen molar-refractivity contribution in [2.45, 2.75) is 58.9 Å². The van der Waals surface area contributed by atoms with Gasteiger partial charge in [-0.1, -0.05) is 45.2 Å². The van der Waals surface area contributed by atoms with Crippen LogP contribution in [0.25, 0.3) is 0 Å². The molecule has 0 aromatic heterocycles. The van der Waals surface area contributed by atoms with Crippen molar-refractivity contribution < 1.29 is 13.6 Å². The van der Waals surface area contributed by atoms with Crippen LogP contribution in [0.4, 0.5) is 0 Å². The van der Waals surface area contributed by atoms with Gasteiger partial charge in [0.1, 0.15) is 0 Å². The monoisotopic (exact) mass is 305 g/mol. The molecule has 1 aliphatic rings. The molecule has 1 unspecified atom stereocenters. The standard InChI is InChI=1S/C13H27N3O3S/c1-13(2,3)9-20(18,19)16-11(12(14)15-17)10-7-5-4-6-8-10/h10-11,16-17H,4-9H2,1-3H3,(H2,14,15). The number of oxime groups is 1. The van der Waals surface area contributed by atoms with E-state index in [1.54, 1.807) is 0 Å². The molecule has 1 aliphatic carbocycles. The molecule has 0 aromatic carbocycles. The summed E-state index contributed by atoms with van der Waals surface area (Å²) in [6.07, 6.45) is 5.08. The Morgan fingerprint density at radius 1 is 1.35 bits per heavy atom. The smallest absolute Gasteiger partial charge is 0.212 e. The Kier molecular flexibility index (Phi) is 5.82. The molecule has 118 valence electrons. The fourth-order valence-electron chi connectivity index (χ4n) is 2.73. The van der Waals surface area contributed by atoms with Gasteiger partial charge in [0.05, 0.1) is 11.8 Å². The first-order chi connectivity index (χ1) is 9.14. The zero-order valence-electron chi connectivity index (χ0n) is 12.6. The molecule has 0 spiro atoms. The molecule has 1 rings (SSSR count). The fourth-order valence-corrected chi connectivity index (χ4v) is 4.66. The second kappa shape index (κ2) is 6.76. The number of hydrogen-bond donors (Lipinski definition) is 3. The maximum absolute atomic E-state index is 12.2. The van der Waals surface area contributed by atoms with E-state index in [0.717, 1.165) is 32.1 Å². The second-order valence-electron chi connectivity index (χ2n) is 6.84. The van der Waals surface area contributed by atoms with Crippen molar-refractivity contribution in [3.05, 3.63) is 0 Å². The molecule has 7 heteroatoms. The molecule has 0 saturated heterocycles. The van der Waals surface area contributed by atoms with E-state index in [2.05, 4.69) is 9.88 Å². The van der Waals surface area contributed by atoms with Crippen molar-refractivity contribution in [3.8, 4) is 0 Å². The average molecular weight is 305 g/mol. The molecule has 0 radical (unpaired) electrons. The Morgan fingerprint density at radius 2 is 1.90 bits per heavy atom. The van der Waals surface area contributed by atoms with E-state index < -0.39 is 16.1 Å². The van der Waals surface area contributed by atoms with Crippen molar-refractivity contribution in [2.24, 2.45) is 22.2 Å². The van der Waals surface area contributed by atoms with Gasteiger partial charge in [-0.2, -0.15) is 0 Å². The Hall–Kier alpha value is -0.820. The van der Waals surface area contributed by atoms with Gasteiger partial charge in [-0.3, -0.25) is 0 Å². The van der Waals surface area contributed by atoms with Gasteiger partial charge in [-0.15, -0.1) is 0 Å². The first-order valence-electron chi connectivity index (χ1n) is 7.12. The minimum absolute atomic E-state index is 0.0158. The average Bonchev–Trinajstić information content (AvgIpc) is 2.33. The molecule has 20 heavy (non-hydrogen) atoms. The maximum atomic E-state index is 12.2. The topological polar surface area (TPSA) is 105 Å². The van der Waals surface area contributed by atoms with Crippen molar-refractivity contribution in [3.63, 3.8) is 0 Å². The summed E-state index contributed by atoms with van der Waals surface area (Å²) in [4.78, 5) is 0. The normalized spacial score (nSPS) is 20.9. The highest BCUT2D eigenvalue weighted by molar-refractivity contribution is 7.89. The molecule has 6 nitrogen and oxygen atoms in total. The van der Waals surface area contributed by atoms with E-state index in [0.29, 0.717) is 0 Å². The number of nitrogens with one attached hydrogen (secondary N) is 1. The molecule has 1 saturated carbocycles. The summed E-state index contributed by atoms with van der Waals surface area (Å²) >= 11 is 0. The number of nitrogens with zero attached hydrogens (tertiary/aromatic N) is 1. The summed E-state index contributed by atoms with van der Waals surface area (Å²) < 4.78 is 27.1. The molecule has 0 heterocycles. The molecule has 0 aromatic rings. The van der Waals surface area contributed by atoms with Crippen LogP contribution in [0.3, 0.4) is 0 Å². The van der Waals surface area contributed by atoms with Gasteiger partial charge >= 0.3 is 0 Å². The quantitative estimate of drug-likeness (QED) is 0.311. The van der Waals surface area contributed by atoms with E-state index >= 15 is 0 Å². The highest BCUT2D eigenvalue weighted by Crippen LogP contribution is 2.27. The molecule has 0 amide bonds. The lowest BCUT2D eigenvalue weighted by Gasteiger charge is -2.30. The summed E-state index contributed by atoms with van der Waals surface area (Å²) in [5.74, 6) is 0.0749. The third-order valence-corrected chi connectivity index (χ3v) is 5.34. The van der Waals surface area contributed by atoms with Crippen LogP contribution in [-0.2, 0) is 10.0 Å². The number of rotatable bonds is 5. The van der Waals surface area contributed by atoms with Crippen molar-refractivity contribution in [2.75, 3.05) is 5.75 Å². The van der Waals surface area contributed by atoms with Gasteiger partial charge in [0.15, 0.2) is 5.84 Å². The first kappa shape index (κ1) is 17.2. The van der Waals surface area contributed by atoms with Gasteiger partial charge < -0.3 is 10.9 Å². The van der Waals surface area contributed by atoms with Gasteiger partial charge in [0.25, 0.3) is 0 Å².